The maximum Gasteiger partial charge on any atom is 0.280 e. The largest absolute Gasteiger partial charge is 0.369 e. The fourth-order valence-corrected chi connectivity index (χ4v) is 1.20. The van der Waals surface area contributed by atoms with Gasteiger partial charge < -0.3 is 5.73 Å². The van der Waals surface area contributed by atoms with Gasteiger partial charge in [-0.1, -0.05) is 0 Å². The summed E-state index contributed by atoms with van der Waals surface area (Å²) in [5.74, 6) is -0.0199. The van der Waals surface area contributed by atoms with E-state index in [1.54, 1.807) is 0 Å². The molecule has 0 aromatic carbocycles. The summed E-state index contributed by atoms with van der Waals surface area (Å²) in [6, 6.07) is 0. The molecule has 2 rings (SSSR count). The van der Waals surface area contributed by atoms with Crippen molar-refractivity contribution in [1.29, 1.82) is 0 Å². The minimum atomic E-state index is -0.435. The molecule has 15 heavy (non-hydrogen) atoms. The lowest BCUT2D eigenvalue weighted by atomic mass is 10.5. The number of H-pyrrole nitrogens is 1. The third kappa shape index (κ3) is 1.31. The SMILES string of the molecule is CN(C=O)n1cnc2c(=O)[nH]c(N)nc21. The Morgan fingerprint density at radius 3 is 3.07 bits per heavy atom. The van der Waals surface area contributed by atoms with Gasteiger partial charge in [0.05, 0.1) is 0 Å². The Bertz CT molecular complexity index is 570. The summed E-state index contributed by atoms with van der Waals surface area (Å²) in [5.41, 5.74) is 5.32. The summed E-state index contributed by atoms with van der Waals surface area (Å²) in [4.78, 5) is 31.9. The molecule has 78 valence electrons. The second-order valence-electron chi connectivity index (χ2n) is 2.89. The second-order valence-corrected chi connectivity index (χ2v) is 2.89. The molecule has 2 aromatic heterocycles. The fourth-order valence-electron chi connectivity index (χ4n) is 1.20. The van der Waals surface area contributed by atoms with E-state index in [4.69, 9.17) is 5.73 Å². The molecule has 0 spiro atoms. The summed E-state index contributed by atoms with van der Waals surface area (Å²) in [6.07, 6.45) is 1.89. The summed E-state index contributed by atoms with van der Waals surface area (Å²) in [6.45, 7) is 0. The average molecular weight is 208 g/mol. The zero-order valence-corrected chi connectivity index (χ0v) is 7.84. The lowest BCUT2D eigenvalue weighted by Gasteiger charge is -2.11. The molecule has 0 unspecified atom stereocenters. The number of nitrogens with zero attached hydrogens (tertiary/aromatic N) is 4. The molecule has 3 N–H and O–H groups in total. The van der Waals surface area contributed by atoms with Gasteiger partial charge >= 0.3 is 0 Å². The van der Waals surface area contributed by atoms with E-state index in [1.165, 1.54) is 23.1 Å². The van der Waals surface area contributed by atoms with Crippen LogP contribution in [0.15, 0.2) is 11.1 Å². The smallest absolute Gasteiger partial charge is 0.280 e. The normalized spacial score (nSPS) is 10.5. The Kier molecular flexibility index (Phi) is 1.89. The van der Waals surface area contributed by atoms with Crippen LogP contribution in [-0.2, 0) is 4.79 Å². The van der Waals surface area contributed by atoms with Gasteiger partial charge in [0.15, 0.2) is 11.2 Å². The Morgan fingerprint density at radius 1 is 1.67 bits per heavy atom. The number of rotatable bonds is 2. The van der Waals surface area contributed by atoms with Crippen molar-refractivity contribution in [2.75, 3.05) is 17.8 Å². The van der Waals surface area contributed by atoms with Crippen LogP contribution >= 0.6 is 0 Å². The van der Waals surface area contributed by atoms with E-state index in [-0.39, 0.29) is 17.1 Å². The van der Waals surface area contributed by atoms with E-state index in [0.717, 1.165) is 0 Å². The number of carbonyl (C=O) groups is 1. The van der Waals surface area contributed by atoms with Crippen LogP contribution in [0.5, 0.6) is 0 Å². The molecule has 2 aromatic rings. The minimum absolute atomic E-state index is 0.0199. The molecule has 0 aliphatic carbocycles. The molecular weight excluding hydrogens is 200 g/mol. The van der Waals surface area contributed by atoms with Gasteiger partial charge in [-0.05, 0) is 0 Å². The monoisotopic (exact) mass is 208 g/mol. The number of anilines is 1. The van der Waals surface area contributed by atoms with Crippen molar-refractivity contribution in [2.45, 2.75) is 0 Å². The van der Waals surface area contributed by atoms with Crippen molar-refractivity contribution >= 4 is 23.5 Å². The van der Waals surface area contributed by atoms with Crippen molar-refractivity contribution in [2.24, 2.45) is 0 Å². The third-order valence-corrected chi connectivity index (χ3v) is 1.90. The molecule has 0 aliphatic rings. The highest BCUT2D eigenvalue weighted by Gasteiger charge is 2.10. The maximum atomic E-state index is 11.4. The number of nitrogens with one attached hydrogen (secondary N) is 1. The number of hydrogen-bond acceptors (Lipinski definition) is 5. The standard InChI is InChI=1S/C7H8N6O2/c1-12(3-14)13-2-9-4-5(13)10-7(8)11-6(4)15/h2-3H,1H3,(H3,8,10,11,15). The molecule has 8 nitrogen and oxygen atoms in total. The molecule has 0 fully saturated rings. The molecule has 0 radical (unpaired) electrons. The number of aromatic nitrogens is 4. The molecule has 0 atom stereocenters. The molecular formula is C7H8N6O2. The molecule has 0 bridgehead atoms. The van der Waals surface area contributed by atoms with Gasteiger partial charge in [-0.2, -0.15) is 4.98 Å². The number of fused-ring (bicyclic) bond motifs is 1. The number of aromatic amines is 1. The molecule has 0 saturated carbocycles. The number of nitrogens with two attached hydrogens (primary N) is 1. The first kappa shape index (κ1) is 9.19. The first-order chi connectivity index (χ1) is 7.13. The zero-order valence-electron chi connectivity index (χ0n) is 7.84. The van der Waals surface area contributed by atoms with E-state index >= 15 is 0 Å². The topological polar surface area (TPSA) is 110 Å². The number of amides is 1. The average Bonchev–Trinajstić information content (AvgIpc) is 2.60. The first-order valence-electron chi connectivity index (χ1n) is 4.04. The lowest BCUT2D eigenvalue weighted by Crippen LogP contribution is -2.28. The number of hydrogen-bond donors (Lipinski definition) is 2. The summed E-state index contributed by atoms with van der Waals surface area (Å²) < 4.78 is 1.33. The van der Waals surface area contributed by atoms with Gasteiger partial charge in [0.2, 0.25) is 12.4 Å². The van der Waals surface area contributed by atoms with E-state index in [1.807, 2.05) is 0 Å². The Balaban J connectivity index is 2.79. The Hall–Kier alpha value is -2.38. The third-order valence-electron chi connectivity index (χ3n) is 1.90. The van der Waals surface area contributed by atoms with Gasteiger partial charge in [-0.3, -0.25) is 19.6 Å². The van der Waals surface area contributed by atoms with Crippen molar-refractivity contribution in [3.05, 3.63) is 16.7 Å². The van der Waals surface area contributed by atoms with E-state index in [0.29, 0.717) is 6.41 Å². The molecule has 0 aliphatic heterocycles. The van der Waals surface area contributed by atoms with Crippen LogP contribution in [0.3, 0.4) is 0 Å². The highest BCUT2D eigenvalue weighted by atomic mass is 16.1. The van der Waals surface area contributed by atoms with Gasteiger partial charge in [0, 0.05) is 7.05 Å². The van der Waals surface area contributed by atoms with Crippen LogP contribution < -0.4 is 16.3 Å². The fraction of sp³-hybridized carbons (Fsp3) is 0.143. The number of imidazole rings is 1. The van der Waals surface area contributed by atoms with Crippen molar-refractivity contribution in [3.8, 4) is 0 Å². The van der Waals surface area contributed by atoms with Crippen LogP contribution in [0.1, 0.15) is 0 Å². The molecule has 0 saturated heterocycles. The predicted molar refractivity (Wildman–Crippen MR) is 52.8 cm³/mol. The van der Waals surface area contributed by atoms with Crippen LogP contribution in [-0.4, -0.2) is 33.1 Å². The quantitative estimate of drug-likeness (QED) is 0.579. The first-order valence-corrected chi connectivity index (χ1v) is 4.04. The van der Waals surface area contributed by atoms with Crippen LogP contribution in [0.4, 0.5) is 5.95 Å². The zero-order chi connectivity index (χ0) is 11.0. The Morgan fingerprint density at radius 2 is 2.40 bits per heavy atom. The summed E-state index contributed by atoms with van der Waals surface area (Å²) in [5, 5.41) is 1.20. The molecule has 1 amide bonds. The minimum Gasteiger partial charge on any atom is -0.369 e. The Labute approximate surface area is 83.3 Å². The van der Waals surface area contributed by atoms with Crippen molar-refractivity contribution < 1.29 is 4.79 Å². The number of carbonyl (C=O) groups excluding carboxylic acids is 1. The van der Waals surface area contributed by atoms with Gasteiger partial charge in [0.25, 0.3) is 5.56 Å². The summed E-state index contributed by atoms with van der Waals surface area (Å²) >= 11 is 0. The molecule has 8 heteroatoms. The summed E-state index contributed by atoms with van der Waals surface area (Å²) in [7, 11) is 1.51. The van der Waals surface area contributed by atoms with Crippen molar-refractivity contribution in [3.63, 3.8) is 0 Å². The number of nitrogen functional groups attached to an aromatic ring is 1. The van der Waals surface area contributed by atoms with Gasteiger partial charge in [-0.25, -0.2) is 9.66 Å². The van der Waals surface area contributed by atoms with E-state index < -0.39 is 5.56 Å². The van der Waals surface area contributed by atoms with Crippen LogP contribution in [0, 0.1) is 0 Å². The van der Waals surface area contributed by atoms with Crippen LogP contribution in [0.2, 0.25) is 0 Å². The maximum absolute atomic E-state index is 11.4. The highest BCUT2D eigenvalue weighted by Crippen LogP contribution is 2.05. The second kappa shape index (κ2) is 3.08. The lowest BCUT2D eigenvalue weighted by molar-refractivity contribution is -0.108. The predicted octanol–water partition coefficient (Wildman–Crippen LogP) is -1.57. The molecule has 2 heterocycles. The van der Waals surface area contributed by atoms with Gasteiger partial charge in [-0.15, -0.1) is 0 Å². The van der Waals surface area contributed by atoms with E-state index in [2.05, 4.69) is 15.0 Å². The van der Waals surface area contributed by atoms with Crippen LogP contribution in [0.25, 0.3) is 11.2 Å². The van der Waals surface area contributed by atoms with Gasteiger partial charge in [0.1, 0.15) is 6.33 Å². The van der Waals surface area contributed by atoms with E-state index in [9.17, 15) is 9.59 Å². The highest BCUT2D eigenvalue weighted by molar-refractivity contribution is 5.73. The van der Waals surface area contributed by atoms with Crippen molar-refractivity contribution in [1.82, 2.24) is 19.6 Å².